The number of thioether (sulfide) groups is 1. The number of fused-ring (bicyclic) bond motifs is 1. The topological polar surface area (TPSA) is 98.0 Å². The maximum absolute atomic E-state index is 13.3. The number of rotatable bonds is 6. The average Bonchev–Trinajstić information content (AvgIpc) is 2.78. The molecule has 31 heavy (non-hydrogen) atoms. The van der Waals surface area contributed by atoms with Crippen LogP contribution < -0.4 is 11.1 Å². The van der Waals surface area contributed by atoms with E-state index in [1.165, 1.54) is 23.9 Å². The van der Waals surface area contributed by atoms with Gasteiger partial charge in [0.25, 0.3) is 0 Å². The molecule has 2 amide bonds. The monoisotopic (exact) mass is 432 g/mol. The summed E-state index contributed by atoms with van der Waals surface area (Å²) in [7, 11) is 0. The number of urea groups is 1. The molecule has 0 aliphatic rings. The zero-order valence-electron chi connectivity index (χ0n) is 16.2. The number of halogens is 1. The summed E-state index contributed by atoms with van der Waals surface area (Å²) in [5.41, 5.74) is 7.54. The van der Waals surface area contributed by atoms with E-state index in [0.717, 1.165) is 16.3 Å². The number of amides is 2. The van der Waals surface area contributed by atoms with Gasteiger partial charge in [0.05, 0.1) is 5.75 Å². The van der Waals surface area contributed by atoms with E-state index in [-0.39, 0.29) is 17.4 Å². The molecule has 0 aliphatic carbocycles. The van der Waals surface area contributed by atoms with Crippen molar-refractivity contribution in [1.82, 2.24) is 10.2 Å². The van der Waals surface area contributed by atoms with Gasteiger partial charge >= 0.3 is 6.03 Å². The van der Waals surface area contributed by atoms with Crippen molar-refractivity contribution in [3.8, 4) is 11.3 Å². The number of aromatic nitrogens is 2. The van der Waals surface area contributed by atoms with Crippen LogP contribution >= 0.6 is 11.8 Å². The van der Waals surface area contributed by atoms with Crippen LogP contribution in [0.15, 0.2) is 77.8 Å². The molecule has 0 fully saturated rings. The predicted octanol–water partition coefficient (Wildman–Crippen LogP) is 4.90. The average molecular weight is 432 g/mol. The van der Waals surface area contributed by atoms with E-state index in [1.54, 1.807) is 36.4 Å². The van der Waals surface area contributed by atoms with Crippen LogP contribution in [-0.4, -0.2) is 27.8 Å². The fourth-order valence-corrected chi connectivity index (χ4v) is 3.97. The second-order valence-corrected chi connectivity index (χ2v) is 7.65. The summed E-state index contributed by atoms with van der Waals surface area (Å²) in [6.07, 6.45) is 0. The van der Waals surface area contributed by atoms with Crippen LogP contribution in [0.2, 0.25) is 0 Å². The lowest BCUT2D eigenvalue weighted by molar-refractivity contribution is 0.102. The van der Waals surface area contributed by atoms with Gasteiger partial charge in [0.2, 0.25) is 0 Å². The zero-order chi connectivity index (χ0) is 21.8. The largest absolute Gasteiger partial charge is 0.351 e. The Morgan fingerprint density at radius 2 is 1.58 bits per heavy atom. The molecule has 0 saturated carbocycles. The number of nitrogens with two attached hydrogens (primary N) is 1. The third-order valence-electron chi connectivity index (χ3n) is 4.59. The maximum atomic E-state index is 13.3. The van der Waals surface area contributed by atoms with E-state index >= 15 is 0 Å². The van der Waals surface area contributed by atoms with E-state index in [9.17, 15) is 14.0 Å². The molecule has 4 rings (SSSR count). The molecule has 0 radical (unpaired) electrons. The summed E-state index contributed by atoms with van der Waals surface area (Å²) >= 11 is 1.30. The fraction of sp³-hybridized carbons (Fsp3) is 0.0435. The maximum Gasteiger partial charge on any atom is 0.316 e. The summed E-state index contributed by atoms with van der Waals surface area (Å²) in [6.45, 7) is 0. The van der Waals surface area contributed by atoms with Gasteiger partial charge in [-0.15, -0.1) is 10.2 Å². The summed E-state index contributed by atoms with van der Waals surface area (Å²) in [4.78, 5) is 23.5. The van der Waals surface area contributed by atoms with Crippen molar-refractivity contribution in [3.05, 3.63) is 84.2 Å². The lowest BCUT2D eigenvalue weighted by Crippen LogP contribution is -2.19. The van der Waals surface area contributed by atoms with Gasteiger partial charge in [-0.2, -0.15) is 0 Å². The van der Waals surface area contributed by atoms with Crippen molar-refractivity contribution >= 4 is 40.0 Å². The number of nitrogens with one attached hydrogen (secondary N) is 1. The van der Waals surface area contributed by atoms with Gasteiger partial charge in [-0.1, -0.05) is 36.0 Å². The van der Waals surface area contributed by atoms with Crippen LogP contribution in [0, 0.1) is 5.82 Å². The minimum absolute atomic E-state index is 0.0795. The van der Waals surface area contributed by atoms with Crippen molar-refractivity contribution in [2.75, 3.05) is 11.1 Å². The number of hydrogen-bond donors (Lipinski definition) is 2. The Morgan fingerprint density at radius 3 is 2.26 bits per heavy atom. The van der Waals surface area contributed by atoms with Crippen molar-refractivity contribution in [1.29, 1.82) is 0 Å². The number of Topliss-reactive ketones (excluding diaryl/α,β-unsaturated/α-hetero) is 1. The highest BCUT2D eigenvalue weighted by atomic mass is 32.2. The first-order valence-corrected chi connectivity index (χ1v) is 10.3. The Kier molecular flexibility index (Phi) is 5.90. The minimum atomic E-state index is -0.663. The first kappa shape index (κ1) is 20.5. The molecule has 1 heterocycles. The van der Waals surface area contributed by atoms with Crippen LogP contribution in [0.5, 0.6) is 0 Å². The smallest absolute Gasteiger partial charge is 0.316 e. The van der Waals surface area contributed by atoms with Gasteiger partial charge < -0.3 is 11.1 Å². The molecule has 0 aliphatic heterocycles. The number of carbonyl (C=O) groups excluding carboxylic acids is 2. The highest BCUT2D eigenvalue weighted by Gasteiger charge is 2.14. The van der Waals surface area contributed by atoms with Gasteiger partial charge in [0, 0.05) is 27.6 Å². The van der Waals surface area contributed by atoms with E-state index in [0.29, 0.717) is 22.0 Å². The molecule has 0 atom stereocenters. The Balaban J connectivity index is 1.55. The molecule has 0 unspecified atom stereocenters. The first-order valence-electron chi connectivity index (χ1n) is 9.35. The molecular formula is C23H17FN4O2S. The van der Waals surface area contributed by atoms with Crippen molar-refractivity contribution < 1.29 is 14.0 Å². The predicted molar refractivity (Wildman–Crippen MR) is 120 cm³/mol. The van der Waals surface area contributed by atoms with E-state index in [4.69, 9.17) is 5.73 Å². The SMILES string of the molecule is NC(=O)Nc1ccc(C(=O)CSc2nnc(-c3ccc(F)cc3)c3ccccc23)cc1. The van der Waals surface area contributed by atoms with E-state index in [2.05, 4.69) is 15.5 Å². The number of benzene rings is 3. The third-order valence-corrected chi connectivity index (χ3v) is 5.57. The number of nitrogens with zero attached hydrogens (tertiary/aromatic N) is 2. The highest BCUT2D eigenvalue weighted by molar-refractivity contribution is 8.00. The van der Waals surface area contributed by atoms with Crippen molar-refractivity contribution in [2.45, 2.75) is 5.03 Å². The van der Waals surface area contributed by atoms with E-state index < -0.39 is 6.03 Å². The lowest BCUT2D eigenvalue weighted by atomic mass is 10.1. The molecule has 8 heteroatoms. The molecule has 0 saturated heterocycles. The highest BCUT2D eigenvalue weighted by Crippen LogP contribution is 2.32. The van der Waals surface area contributed by atoms with Crippen LogP contribution in [0.1, 0.15) is 10.4 Å². The Bertz CT molecular complexity index is 1260. The zero-order valence-corrected chi connectivity index (χ0v) is 17.0. The normalized spacial score (nSPS) is 10.7. The lowest BCUT2D eigenvalue weighted by Gasteiger charge is -2.09. The van der Waals surface area contributed by atoms with Crippen LogP contribution in [0.25, 0.3) is 22.0 Å². The third kappa shape index (κ3) is 4.70. The molecule has 3 aromatic carbocycles. The molecule has 6 nitrogen and oxygen atoms in total. The molecule has 4 aromatic rings. The fourth-order valence-electron chi connectivity index (χ4n) is 3.11. The van der Waals surface area contributed by atoms with Gasteiger partial charge in [0.15, 0.2) is 5.78 Å². The summed E-state index contributed by atoms with van der Waals surface area (Å²) < 4.78 is 13.3. The Labute approximate surface area is 181 Å². The number of hydrogen-bond acceptors (Lipinski definition) is 5. The van der Waals surface area contributed by atoms with Crippen LogP contribution in [0.3, 0.4) is 0 Å². The molecule has 0 spiro atoms. The van der Waals surface area contributed by atoms with Gasteiger partial charge in [-0.3, -0.25) is 4.79 Å². The number of carbonyl (C=O) groups is 2. The summed E-state index contributed by atoms with van der Waals surface area (Å²) in [6, 6.07) is 19.6. The van der Waals surface area contributed by atoms with Crippen molar-refractivity contribution in [3.63, 3.8) is 0 Å². The summed E-state index contributed by atoms with van der Waals surface area (Å²) in [5, 5.41) is 13.5. The number of anilines is 1. The molecular weight excluding hydrogens is 415 g/mol. The Hall–Kier alpha value is -3.78. The van der Waals surface area contributed by atoms with Crippen LogP contribution in [-0.2, 0) is 0 Å². The Morgan fingerprint density at radius 1 is 0.903 bits per heavy atom. The number of ketones is 1. The quantitative estimate of drug-likeness (QED) is 0.334. The van der Waals surface area contributed by atoms with Gasteiger partial charge in [-0.05, 0) is 48.5 Å². The van der Waals surface area contributed by atoms with E-state index in [1.807, 2.05) is 24.3 Å². The summed E-state index contributed by atoms with van der Waals surface area (Å²) in [5.74, 6) is -0.216. The molecule has 1 aromatic heterocycles. The standard InChI is InChI=1S/C23H17FN4O2S/c24-16-9-5-15(6-10-16)21-18-3-1-2-4-19(18)22(28-27-21)31-13-20(29)14-7-11-17(12-8-14)26-23(25)30/h1-12H,13H2,(H3,25,26,30). The van der Waals surface area contributed by atoms with Gasteiger partial charge in [-0.25, -0.2) is 9.18 Å². The molecule has 0 bridgehead atoms. The molecule has 154 valence electrons. The minimum Gasteiger partial charge on any atom is -0.351 e. The van der Waals surface area contributed by atoms with Crippen LogP contribution in [0.4, 0.5) is 14.9 Å². The van der Waals surface area contributed by atoms with Gasteiger partial charge in [0.1, 0.15) is 16.5 Å². The second kappa shape index (κ2) is 8.93. The van der Waals surface area contributed by atoms with Crippen molar-refractivity contribution in [2.24, 2.45) is 5.73 Å². The molecule has 3 N–H and O–H groups in total. The first-order chi connectivity index (χ1) is 15.0. The number of primary amides is 1. The second-order valence-electron chi connectivity index (χ2n) is 6.68.